The molecular formula is C27H22ClN3O3. The van der Waals surface area contributed by atoms with Crippen molar-refractivity contribution >= 4 is 39.7 Å². The van der Waals surface area contributed by atoms with Crippen LogP contribution in [0.4, 0.5) is 0 Å². The third-order valence-electron chi connectivity index (χ3n) is 5.58. The molecule has 0 saturated carbocycles. The van der Waals surface area contributed by atoms with Gasteiger partial charge in [0.1, 0.15) is 11.3 Å². The first kappa shape index (κ1) is 21.9. The zero-order valence-corrected chi connectivity index (χ0v) is 19.5. The summed E-state index contributed by atoms with van der Waals surface area (Å²) >= 11 is 6.41. The number of furan rings is 1. The summed E-state index contributed by atoms with van der Waals surface area (Å²) in [5, 5.41) is 6.34. The minimum absolute atomic E-state index is 0.0608. The van der Waals surface area contributed by atoms with Gasteiger partial charge in [-0.15, -0.1) is 0 Å². The van der Waals surface area contributed by atoms with Gasteiger partial charge in [-0.2, -0.15) is 9.78 Å². The summed E-state index contributed by atoms with van der Waals surface area (Å²) in [4.78, 5) is 18.1. The number of halogens is 1. The molecule has 2 aromatic heterocycles. The Bertz CT molecular complexity index is 1550. The SMILES string of the molecule is CC[C@@H](C)Oc1ccc(C=Nn2c(-c3cc4ccccc4o3)nc3ccccc3c2=O)cc1Cl. The van der Waals surface area contributed by atoms with Gasteiger partial charge >= 0.3 is 0 Å². The molecule has 0 bridgehead atoms. The second-order valence-electron chi connectivity index (χ2n) is 7.99. The molecule has 6 nitrogen and oxygen atoms in total. The first-order valence-corrected chi connectivity index (χ1v) is 11.4. The number of para-hydroxylation sites is 2. The van der Waals surface area contributed by atoms with Gasteiger partial charge in [0.05, 0.1) is 28.2 Å². The van der Waals surface area contributed by atoms with E-state index in [1.54, 1.807) is 36.5 Å². The Morgan fingerprint density at radius 2 is 1.91 bits per heavy atom. The standard InChI is InChI=1S/C27H22ClN3O3/c1-3-17(2)33-24-13-12-18(14-21(24)28)16-29-31-26(25-15-19-8-4-7-11-23(19)34-25)30-22-10-6-5-9-20(22)27(31)32/h4-17H,3H2,1-2H3/t17-/m1/s1. The Morgan fingerprint density at radius 3 is 2.71 bits per heavy atom. The fourth-order valence-electron chi connectivity index (χ4n) is 3.60. The molecule has 0 amide bonds. The first-order valence-electron chi connectivity index (χ1n) is 11.0. The zero-order valence-electron chi connectivity index (χ0n) is 18.7. The third-order valence-corrected chi connectivity index (χ3v) is 5.88. The van der Waals surface area contributed by atoms with E-state index in [9.17, 15) is 4.79 Å². The van der Waals surface area contributed by atoms with E-state index < -0.39 is 0 Å². The lowest BCUT2D eigenvalue weighted by Crippen LogP contribution is -2.20. The van der Waals surface area contributed by atoms with Gasteiger partial charge in [-0.1, -0.05) is 48.9 Å². The maximum absolute atomic E-state index is 13.4. The van der Waals surface area contributed by atoms with Gasteiger partial charge in [0.15, 0.2) is 5.76 Å². The summed E-state index contributed by atoms with van der Waals surface area (Å²) in [5.41, 5.74) is 1.71. The van der Waals surface area contributed by atoms with E-state index in [4.69, 9.17) is 25.7 Å². The molecule has 34 heavy (non-hydrogen) atoms. The van der Waals surface area contributed by atoms with E-state index in [0.717, 1.165) is 17.4 Å². The normalized spacial score (nSPS) is 12.6. The van der Waals surface area contributed by atoms with Crippen molar-refractivity contribution in [2.75, 3.05) is 0 Å². The fraction of sp³-hybridized carbons (Fsp3) is 0.148. The van der Waals surface area contributed by atoms with Gasteiger partial charge in [0, 0.05) is 5.39 Å². The predicted molar refractivity (Wildman–Crippen MR) is 136 cm³/mol. The average molecular weight is 472 g/mol. The number of hydrogen-bond donors (Lipinski definition) is 0. The van der Waals surface area contributed by atoms with Crippen molar-refractivity contribution in [1.82, 2.24) is 9.66 Å². The van der Waals surface area contributed by atoms with Crippen LogP contribution in [0.5, 0.6) is 5.75 Å². The second kappa shape index (κ2) is 9.15. The first-order chi connectivity index (χ1) is 16.5. The van der Waals surface area contributed by atoms with Crippen LogP contribution in [0.2, 0.25) is 5.02 Å². The van der Waals surface area contributed by atoms with Crippen LogP contribution in [0.1, 0.15) is 25.8 Å². The smallest absolute Gasteiger partial charge is 0.282 e. The van der Waals surface area contributed by atoms with Crippen LogP contribution in [-0.4, -0.2) is 22.0 Å². The lowest BCUT2D eigenvalue weighted by Gasteiger charge is -2.14. The van der Waals surface area contributed by atoms with Gasteiger partial charge < -0.3 is 9.15 Å². The lowest BCUT2D eigenvalue weighted by molar-refractivity contribution is 0.217. The predicted octanol–water partition coefficient (Wildman–Crippen LogP) is 6.52. The highest BCUT2D eigenvalue weighted by Crippen LogP contribution is 2.28. The Balaban J connectivity index is 1.60. The van der Waals surface area contributed by atoms with Crippen molar-refractivity contribution in [3.05, 3.63) is 93.7 Å². The zero-order chi connectivity index (χ0) is 23.7. The molecule has 5 aromatic rings. The number of nitrogens with zero attached hydrogens (tertiary/aromatic N) is 3. The highest BCUT2D eigenvalue weighted by molar-refractivity contribution is 6.32. The van der Waals surface area contributed by atoms with Crippen LogP contribution in [0.3, 0.4) is 0 Å². The average Bonchev–Trinajstić information content (AvgIpc) is 3.29. The van der Waals surface area contributed by atoms with E-state index in [2.05, 4.69) is 12.0 Å². The van der Waals surface area contributed by atoms with Crippen LogP contribution >= 0.6 is 11.6 Å². The Kier molecular flexibility index (Phi) is 5.90. The highest BCUT2D eigenvalue weighted by Gasteiger charge is 2.16. The van der Waals surface area contributed by atoms with Gasteiger partial charge in [-0.05, 0) is 61.4 Å². The van der Waals surface area contributed by atoms with E-state index in [1.165, 1.54) is 4.68 Å². The molecule has 0 radical (unpaired) electrons. The minimum Gasteiger partial charge on any atom is -0.489 e. The minimum atomic E-state index is -0.292. The van der Waals surface area contributed by atoms with Crippen LogP contribution < -0.4 is 10.3 Å². The molecule has 0 aliphatic rings. The lowest BCUT2D eigenvalue weighted by atomic mass is 10.2. The van der Waals surface area contributed by atoms with Crippen molar-refractivity contribution in [1.29, 1.82) is 0 Å². The second-order valence-corrected chi connectivity index (χ2v) is 8.40. The van der Waals surface area contributed by atoms with Crippen LogP contribution in [0, 0.1) is 0 Å². The molecule has 0 saturated heterocycles. The molecule has 5 rings (SSSR count). The molecule has 0 fully saturated rings. The van der Waals surface area contributed by atoms with Gasteiger partial charge in [0.25, 0.3) is 5.56 Å². The summed E-state index contributed by atoms with van der Waals surface area (Å²) in [5.74, 6) is 1.39. The van der Waals surface area contributed by atoms with E-state index in [0.29, 0.717) is 38.8 Å². The molecule has 170 valence electrons. The largest absolute Gasteiger partial charge is 0.489 e. The number of benzene rings is 3. The van der Waals surface area contributed by atoms with Crippen molar-refractivity contribution in [3.8, 4) is 17.3 Å². The number of ether oxygens (including phenoxy) is 1. The van der Waals surface area contributed by atoms with Crippen molar-refractivity contribution in [3.63, 3.8) is 0 Å². The molecule has 0 unspecified atom stereocenters. The molecule has 7 heteroatoms. The van der Waals surface area contributed by atoms with Crippen molar-refractivity contribution in [2.45, 2.75) is 26.4 Å². The molecule has 1 atom stereocenters. The molecule has 0 aliphatic heterocycles. The molecule has 2 heterocycles. The highest BCUT2D eigenvalue weighted by atomic mass is 35.5. The van der Waals surface area contributed by atoms with Gasteiger partial charge in [0.2, 0.25) is 5.82 Å². The van der Waals surface area contributed by atoms with E-state index in [1.807, 2.05) is 49.4 Å². The molecular weight excluding hydrogens is 450 g/mol. The topological polar surface area (TPSA) is 69.6 Å². The number of rotatable bonds is 6. The summed E-state index contributed by atoms with van der Waals surface area (Å²) in [7, 11) is 0. The van der Waals surface area contributed by atoms with Gasteiger partial charge in [-0.25, -0.2) is 4.98 Å². The molecule has 0 aliphatic carbocycles. The molecule has 0 N–H and O–H groups in total. The molecule has 0 spiro atoms. The Labute approximate surface area is 201 Å². The monoisotopic (exact) mass is 471 g/mol. The third kappa shape index (κ3) is 4.20. The van der Waals surface area contributed by atoms with E-state index >= 15 is 0 Å². The molecule has 3 aromatic carbocycles. The van der Waals surface area contributed by atoms with Crippen molar-refractivity contribution in [2.24, 2.45) is 5.10 Å². The van der Waals surface area contributed by atoms with Crippen LogP contribution in [-0.2, 0) is 0 Å². The summed E-state index contributed by atoms with van der Waals surface area (Å²) in [6.07, 6.45) is 2.51. The van der Waals surface area contributed by atoms with Gasteiger partial charge in [-0.3, -0.25) is 4.79 Å². The summed E-state index contributed by atoms with van der Waals surface area (Å²) in [6, 6.07) is 22.1. The van der Waals surface area contributed by atoms with Crippen LogP contribution in [0.25, 0.3) is 33.5 Å². The fourth-order valence-corrected chi connectivity index (χ4v) is 3.83. The summed E-state index contributed by atoms with van der Waals surface area (Å²) < 4.78 is 13.1. The van der Waals surface area contributed by atoms with Crippen molar-refractivity contribution < 1.29 is 9.15 Å². The number of hydrogen-bond acceptors (Lipinski definition) is 5. The quantitative estimate of drug-likeness (QED) is 0.264. The Hall–Kier alpha value is -3.90. The number of fused-ring (bicyclic) bond motifs is 2. The maximum atomic E-state index is 13.4. The number of aromatic nitrogens is 2. The summed E-state index contributed by atoms with van der Waals surface area (Å²) in [6.45, 7) is 4.04. The van der Waals surface area contributed by atoms with Crippen LogP contribution in [0.15, 0.2) is 87.1 Å². The van der Waals surface area contributed by atoms with E-state index in [-0.39, 0.29) is 11.7 Å². The maximum Gasteiger partial charge on any atom is 0.282 e. The Morgan fingerprint density at radius 1 is 1.12 bits per heavy atom.